The van der Waals surface area contributed by atoms with Gasteiger partial charge in [0.25, 0.3) is 0 Å². The number of hydrogen-bond donors (Lipinski definition) is 1. The van der Waals surface area contributed by atoms with E-state index < -0.39 is 30.1 Å². The number of amides is 1. The lowest BCUT2D eigenvalue weighted by atomic mass is 10.0. The van der Waals surface area contributed by atoms with Gasteiger partial charge in [0.2, 0.25) is 5.91 Å². The largest absolute Gasteiger partial charge is 0.460 e. The summed E-state index contributed by atoms with van der Waals surface area (Å²) in [6.45, 7) is 2.20. The van der Waals surface area contributed by atoms with Crippen molar-refractivity contribution in [1.82, 2.24) is 10.2 Å². The second-order valence-electron chi connectivity index (χ2n) is 9.81. The molecular formula is C32H34N2O6. The highest BCUT2D eigenvalue weighted by Gasteiger charge is 2.38. The first kappa shape index (κ1) is 28.7. The van der Waals surface area contributed by atoms with Crippen molar-refractivity contribution in [1.29, 1.82) is 0 Å². The van der Waals surface area contributed by atoms with E-state index in [2.05, 4.69) is 5.32 Å². The summed E-state index contributed by atoms with van der Waals surface area (Å²) in [5.74, 6) is -1.68. The van der Waals surface area contributed by atoms with Crippen LogP contribution in [0, 0.1) is 0 Å². The lowest BCUT2D eigenvalue weighted by Gasteiger charge is -2.28. The molecule has 1 saturated heterocycles. The molecule has 0 aromatic heterocycles. The Morgan fingerprint density at radius 2 is 1.38 bits per heavy atom. The Morgan fingerprint density at radius 1 is 0.825 bits per heavy atom. The number of rotatable bonds is 12. The lowest BCUT2D eigenvalue weighted by molar-refractivity contribution is -0.155. The fourth-order valence-electron chi connectivity index (χ4n) is 4.69. The van der Waals surface area contributed by atoms with E-state index in [1.807, 2.05) is 60.7 Å². The summed E-state index contributed by atoms with van der Waals surface area (Å²) in [5, 5.41) is 3.01. The average molecular weight is 543 g/mol. The Hall–Kier alpha value is -4.30. The molecule has 0 aliphatic carbocycles. The number of carbonyl (C=O) groups is 4. The molecule has 0 radical (unpaired) electrons. The van der Waals surface area contributed by atoms with Crippen LogP contribution in [0.4, 0.5) is 0 Å². The smallest absolute Gasteiger partial charge is 0.329 e. The summed E-state index contributed by atoms with van der Waals surface area (Å²) in [5.41, 5.74) is 2.13. The number of nitrogens with zero attached hydrogens (tertiary/aromatic N) is 1. The van der Waals surface area contributed by atoms with Crippen LogP contribution in [0.15, 0.2) is 91.0 Å². The van der Waals surface area contributed by atoms with Crippen LogP contribution in [-0.2, 0) is 37.1 Å². The first-order chi connectivity index (χ1) is 19.4. The van der Waals surface area contributed by atoms with Gasteiger partial charge in [-0.25, -0.2) is 4.79 Å². The molecule has 1 aliphatic rings. The number of benzene rings is 3. The maximum Gasteiger partial charge on any atom is 0.329 e. The van der Waals surface area contributed by atoms with Crippen LogP contribution in [0.5, 0.6) is 0 Å². The Labute approximate surface area is 234 Å². The van der Waals surface area contributed by atoms with Gasteiger partial charge in [0.1, 0.15) is 25.3 Å². The minimum atomic E-state index is -1.05. The second kappa shape index (κ2) is 14.2. The van der Waals surface area contributed by atoms with Crippen LogP contribution >= 0.6 is 0 Å². The zero-order valence-corrected chi connectivity index (χ0v) is 22.5. The number of hydrogen-bond acceptors (Lipinski definition) is 7. The molecule has 0 spiro atoms. The first-order valence-electron chi connectivity index (χ1n) is 13.5. The van der Waals surface area contributed by atoms with Crippen molar-refractivity contribution in [2.75, 3.05) is 6.54 Å². The van der Waals surface area contributed by atoms with E-state index in [0.29, 0.717) is 24.9 Å². The van der Waals surface area contributed by atoms with Crippen molar-refractivity contribution < 1.29 is 28.7 Å². The standard InChI is InChI=1S/C32H34N2O6/c1-23(30(36)34-19-11-18-28(34)32(38)40-22-25-14-7-3-8-15-25)33-27(20-29(35)26-16-9-4-10-17-26)31(37)39-21-24-12-5-2-6-13-24/h2-10,12-17,23,27-28,33H,11,18-22H2,1H3/t23-,27?,28-/m0/s1. The van der Waals surface area contributed by atoms with E-state index in [9.17, 15) is 19.2 Å². The van der Waals surface area contributed by atoms with Gasteiger partial charge in [-0.05, 0) is 30.9 Å². The highest BCUT2D eigenvalue weighted by atomic mass is 16.5. The molecule has 40 heavy (non-hydrogen) atoms. The van der Waals surface area contributed by atoms with Crippen LogP contribution in [0.3, 0.4) is 0 Å². The SMILES string of the molecule is C[C@H](NC(CC(=O)c1ccccc1)C(=O)OCc1ccccc1)C(=O)N1CCC[C@H]1C(=O)OCc1ccccc1. The van der Waals surface area contributed by atoms with Gasteiger partial charge in [-0.15, -0.1) is 0 Å². The van der Waals surface area contributed by atoms with Crippen molar-refractivity contribution in [3.63, 3.8) is 0 Å². The van der Waals surface area contributed by atoms with Gasteiger partial charge in [0.15, 0.2) is 5.78 Å². The number of esters is 2. The summed E-state index contributed by atoms with van der Waals surface area (Å²) in [7, 11) is 0. The Kier molecular flexibility index (Phi) is 10.2. The number of Topliss-reactive ketones (excluding diaryl/α,β-unsaturated/α-hetero) is 1. The van der Waals surface area contributed by atoms with Gasteiger partial charge in [-0.1, -0.05) is 91.0 Å². The van der Waals surface area contributed by atoms with Crippen molar-refractivity contribution in [2.24, 2.45) is 0 Å². The normalized spacial score (nSPS) is 16.1. The van der Waals surface area contributed by atoms with Crippen molar-refractivity contribution in [2.45, 2.75) is 57.5 Å². The molecule has 1 heterocycles. The third-order valence-electron chi connectivity index (χ3n) is 6.85. The molecule has 4 rings (SSSR count). The zero-order chi connectivity index (χ0) is 28.3. The Bertz CT molecular complexity index is 1280. The molecule has 3 atom stereocenters. The van der Waals surface area contributed by atoms with Gasteiger partial charge >= 0.3 is 11.9 Å². The molecular weight excluding hydrogens is 508 g/mol. The molecule has 0 bridgehead atoms. The predicted octanol–water partition coefficient (Wildman–Crippen LogP) is 4.08. The van der Waals surface area contributed by atoms with E-state index >= 15 is 0 Å². The van der Waals surface area contributed by atoms with E-state index in [1.54, 1.807) is 37.3 Å². The Balaban J connectivity index is 1.41. The third-order valence-corrected chi connectivity index (χ3v) is 6.85. The van der Waals surface area contributed by atoms with Crippen LogP contribution in [0.2, 0.25) is 0 Å². The van der Waals surface area contributed by atoms with Crippen LogP contribution in [-0.4, -0.2) is 53.2 Å². The lowest BCUT2D eigenvalue weighted by Crippen LogP contribution is -2.53. The van der Waals surface area contributed by atoms with E-state index in [1.165, 1.54) is 4.90 Å². The molecule has 3 aromatic rings. The minimum absolute atomic E-state index is 0.0428. The molecule has 1 fully saturated rings. The highest BCUT2D eigenvalue weighted by Crippen LogP contribution is 2.21. The molecule has 8 heteroatoms. The van der Waals surface area contributed by atoms with Crippen molar-refractivity contribution in [3.05, 3.63) is 108 Å². The summed E-state index contributed by atoms with van der Waals surface area (Å²) in [4.78, 5) is 53.9. The molecule has 8 nitrogen and oxygen atoms in total. The molecule has 208 valence electrons. The quantitative estimate of drug-likeness (QED) is 0.272. The van der Waals surface area contributed by atoms with Gasteiger partial charge in [-0.3, -0.25) is 19.7 Å². The van der Waals surface area contributed by atoms with E-state index in [-0.39, 0.29) is 31.3 Å². The maximum absolute atomic E-state index is 13.4. The van der Waals surface area contributed by atoms with Crippen LogP contribution in [0.25, 0.3) is 0 Å². The Morgan fingerprint density at radius 3 is 1.98 bits per heavy atom. The first-order valence-corrected chi connectivity index (χ1v) is 13.5. The topological polar surface area (TPSA) is 102 Å². The van der Waals surface area contributed by atoms with E-state index in [0.717, 1.165) is 11.1 Å². The number of ether oxygens (including phenoxy) is 2. The van der Waals surface area contributed by atoms with E-state index in [4.69, 9.17) is 9.47 Å². The van der Waals surface area contributed by atoms with Gasteiger partial charge in [0, 0.05) is 18.5 Å². The van der Waals surface area contributed by atoms with Gasteiger partial charge in [-0.2, -0.15) is 0 Å². The molecule has 0 saturated carbocycles. The average Bonchev–Trinajstić information content (AvgIpc) is 3.49. The van der Waals surface area contributed by atoms with Crippen LogP contribution < -0.4 is 5.32 Å². The summed E-state index contributed by atoms with van der Waals surface area (Å²) >= 11 is 0. The molecule has 1 amide bonds. The van der Waals surface area contributed by atoms with Crippen molar-refractivity contribution in [3.8, 4) is 0 Å². The molecule has 3 aromatic carbocycles. The minimum Gasteiger partial charge on any atom is -0.460 e. The second-order valence-corrected chi connectivity index (χ2v) is 9.81. The fourth-order valence-corrected chi connectivity index (χ4v) is 4.69. The third kappa shape index (κ3) is 7.86. The fraction of sp³-hybridized carbons (Fsp3) is 0.312. The number of likely N-dealkylation sites (tertiary alicyclic amines) is 1. The van der Waals surface area contributed by atoms with Gasteiger partial charge in [0.05, 0.1) is 6.04 Å². The van der Waals surface area contributed by atoms with Crippen molar-refractivity contribution >= 4 is 23.6 Å². The molecule has 1 N–H and O–H groups in total. The number of carbonyl (C=O) groups excluding carboxylic acids is 4. The molecule has 1 aliphatic heterocycles. The van der Waals surface area contributed by atoms with Crippen LogP contribution in [0.1, 0.15) is 47.7 Å². The summed E-state index contributed by atoms with van der Waals surface area (Å²) in [6.07, 6.45) is 0.984. The predicted molar refractivity (Wildman–Crippen MR) is 149 cm³/mol. The molecule has 1 unspecified atom stereocenters. The monoisotopic (exact) mass is 542 g/mol. The van der Waals surface area contributed by atoms with Gasteiger partial charge < -0.3 is 14.4 Å². The number of ketones is 1. The number of nitrogens with one attached hydrogen (secondary N) is 1. The summed E-state index contributed by atoms with van der Waals surface area (Å²) < 4.78 is 11.0. The summed E-state index contributed by atoms with van der Waals surface area (Å²) in [6, 6.07) is 24.6. The maximum atomic E-state index is 13.4. The zero-order valence-electron chi connectivity index (χ0n) is 22.5. The highest BCUT2D eigenvalue weighted by molar-refractivity contribution is 5.99.